The highest BCUT2D eigenvalue weighted by Gasteiger charge is 2.73. The summed E-state index contributed by atoms with van der Waals surface area (Å²) < 4.78 is 0. The number of aliphatic hydroxyl groups excluding tert-OH is 2. The number of aliphatic carboxylic acids is 1. The van der Waals surface area contributed by atoms with Gasteiger partial charge in [-0.25, -0.2) is 0 Å². The quantitative estimate of drug-likeness (QED) is 0.330. The van der Waals surface area contributed by atoms with E-state index < -0.39 is 40.5 Å². The summed E-state index contributed by atoms with van der Waals surface area (Å²) in [6.45, 7) is 12.4. The second-order valence-electron chi connectivity index (χ2n) is 14.6. The Morgan fingerprint density at radius 2 is 1.69 bits per heavy atom. The number of fused-ring (bicyclic) bond motifs is 7. The Morgan fingerprint density at radius 1 is 1.03 bits per heavy atom. The summed E-state index contributed by atoms with van der Waals surface area (Å²) in [7, 11) is 0. The van der Waals surface area contributed by atoms with Crippen molar-refractivity contribution in [1.29, 1.82) is 0 Å². The molecule has 0 aromatic carbocycles. The van der Waals surface area contributed by atoms with Crippen LogP contribution in [0.2, 0.25) is 0 Å². The van der Waals surface area contributed by atoms with Gasteiger partial charge in [0.25, 0.3) is 0 Å². The molecule has 0 bridgehead atoms. The summed E-state index contributed by atoms with van der Waals surface area (Å²) >= 11 is 0. The van der Waals surface area contributed by atoms with E-state index in [4.69, 9.17) is 0 Å². The molecule has 0 aliphatic heterocycles. The zero-order chi connectivity index (χ0) is 26.7. The lowest BCUT2D eigenvalue weighted by Gasteiger charge is -2.72. The van der Waals surface area contributed by atoms with Crippen LogP contribution < -0.4 is 0 Å². The summed E-state index contributed by atoms with van der Waals surface area (Å²) in [4.78, 5) is 25.2. The number of carbonyl (C=O) groups is 2. The molecule has 0 amide bonds. The van der Waals surface area contributed by atoms with Gasteiger partial charge in [-0.2, -0.15) is 0 Å². The monoisotopic (exact) mass is 502 g/mol. The van der Waals surface area contributed by atoms with Crippen LogP contribution in [0.25, 0.3) is 0 Å². The summed E-state index contributed by atoms with van der Waals surface area (Å²) in [6, 6.07) is 0. The highest BCUT2D eigenvalue weighted by atomic mass is 16.4. The third-order valence-corrected chi connectivity index (χ3v) is 13.3. The lowest BCUT2D eigenvalue weighted by molar-refractivity contribution is -0.243. The van der Waals surface area contributed by atoms with Crippen LogP contribution in [0.4, 0.5) is 0 Å². The van der Waals surface area contributed by atoms with Gasteiger partial charge in [0.15, 0.2) is 0 Å². The highest BCUT2D eigenvalue weighted by molar-refractivity contribution is 5.77. The maximum atomic E-state index is 12.8. The van der Waals surface area contributed by atoms with Crippen molar-refractivity contribution in [3.63, 3.8) is 0 Å². The predicted octanol–water partition coefficient (Wildman–Crippen LogP) is 4.35. The second kappa shape index (κ2) is 7.66. The van der Waals surface area contributed by atoms with Crippen LogP contribution in [0.3, 0.4) is 0 Å². The van der Waals surface area contributed by atoms with Gasteiger partial charge < -0.3 is 25.2 Å². The average molecular weight is 503 g/mol. The fourth-order valence-electron chi connectivity index (χ4n) is 10.9. The van der Waals surface area contributed by atoms with Crippen LogP contribution in [0, 0.1) is 50.7 Å². The molecule has 5 aliphatic carbocycles. The third kappa shape index (κ3) is 2.85. The number of allylic oxidation sites excluding steroid dienone is 1. The van der Waals surface area contributed by atoms with Gasteiger partial charge in [-0.05, 0) is 86.4 Å². The first-order valence-electron chi connectivity index (χ1n) is 14.0. The first-order chi connectivity index (χ1) is 16.6. The van der Waals surface area contributed by atoms with E-state index in [2.05, 4.69) is 26.8 Å². The number of carbonyl (C=O) groups excluding carboxylic acids is 1. The number of hydrogen-bond donors (Lipinski definition) is 4. The first-order valence-corrected chi connectivity index (χ1v) is 14.0. The van der Waals surface area contributed by atoms with Crippen molar-refractivity contribution in [2.24, 2.45) is 50.7 Å². The number of carboxylic acids is 1. The highest BCUT2D eigenvalue weighted by Crippen LogP contribution is 2.75. The van der Waals surface area contributed by atoms with Crippen molar-refractivity contribution in [3.8, 4) is 0 Å². The maximum Gasteiger partial charge on any atom is 0.310 e. The lowest BCUT2D eigenvalue weighted by atomic mass is 9.32. The molecule has 0 aromatic rings. The fourth-order valence-corrected chi connectivity index (χ4v) is 10.9. The van der Waals surface area contributed by atoms with E-state index in [-0.39, 0.29) is 34.0 Å². The minimum absolute atomic E-state index is 0.00395. The van der Waals surface area contributed by atoms with Crippen molar-refractivity contribution in [2.45, 2.75) is 111 Å². The number of aldehydes is 1. The Morgan fingerprint density at radius 3 is 2.31 bits per heavy atom. The lowest BCUT2D eigenvalue weighted by Crippen LogP contribution is -2.70. The molecular formula is C30H46O6. The van der Waals surface area contributed by atoms with Crippen molar-refractivity contribution < 1.29 is 30.0 Å². The zero-order valence-corrected chi connectivity index (χ0v) is 22.9. The number of rotatable bonds is 2. The normalized spacial score (nSPS) is 58.4. The van der Waals surface area contributed by atoms with E-state index in [0.29, 0.717) is 38.5 Å². The minimum atomic E-state index is -1.13. The average Bonchev–Trinajstić information content (AvgIpc) is 2.79. The molecule has 0 saturated heterocycles. The van der Waals surface area contributed by atoms with E-state index in [1.807, 2.05) is 20.8 Å². The third-order valence-electron chi connectivity index (χ3n) is 13.3. The molecule has 4 fully saturated rings. The molecule has 0 heterocycles. The van der Waals surface area contributed by atoms with Crippen molar-refractivity contribution in [2.75, 3.05) is 0 Å². The topological polar surface area (TPSA) is 115 Å². The van der Waals surface area contributed by atoms with Gasteiger partial charge in [0.2, 0.25) is 0 Å². The molecule has 36 heavy (non-hydrogen) atoms. The smallest absolute Gasteiger partial charge is 0.310 e. The fraction of sp³-hybridized carbons (Fsp3) is 0.867. The standard InChI is InChI=1S/C30H46O6/c1-17-9-12-30(24(34)35)14-13-27(4)18(22(30)29(17,6)36)7-8-20-25(2)11-10-21(33)26(3,16-31)23(25)19(32)15-28(20,27)5/h7,16-17,19-23,32-33,36H,8-15H2,1-6H3,(H,34,35)/t17-,19-,20-,21+,22-,23-,25-,26-,27-,28-,29-,30+/m0/s1. The molecule has 202 valence electrons. The second-order valence-corrected chi connectivity index (χ2v) is 14.6. The molecule has 5 rings (SSSR count). The SMILES string of the molecule is C[C@H]1CC[C@@]2(C(=O)O)CC[C@@]3(C)C(=CC[C@H]4[C@]5(C)CC[C@@H](O)[C@](C)(C=O)[C@H]5[C@@H](O)C[C@@]43C)[C@H]2[C@@]1(C)O. The Bertz CT molecular complexity index is 1000. The molecule has 0 aromatic heterocycles. The van der Waals surface area contributed by atoms with Crippen molar-refractivity contribution in [3.05, 3.63) is 11.6 Å². The molecule has 0 spiro atoms. The van der Waals surface area contributed by atoms with Crippen LogP contribution in [0.5, 0.6) is 0 Å². The summed E-state index contributed by atoms with van der Waals surface area (Å²) in [6.07, 6.45) is 6.66. The number of aliphatic hydroxyl groups is 3. The molecule has 4 N–H and O–H groups in total. The first kappa shape index (κ1) is 26.4. The maximum absolute atomic E-state index is 12.8. The van der Waals surface area contributed by atoms with Crippen LogP contribution in [-0.4, -0.2) is 50.5 Å². The predicted molar refractivity (Wildman–Crippen MR) is 136 cm³/mol. The molecular weight excluding hydrogens is 456 g/mol. The molecule has 0 unspecified atom stereocenters. The van der Waals surface area contributed by atoms with Crippen LogP contribution in [0.15, 0.2) is 11.6 Å². The van der Waals surface area contributed by atoms with E-state index in [0.717, 1.165) is 24.7 Å². The van der Waals surface area contributed by atoms with E-state index >= 15 is 0 Å². The Balaban J connectivity index is 1.67. The van der Waals surface area contributed by atoms with Gasteiger partial charge in [-0.1, -0.05) is 46.3 Å². The van der Waals surface area contributed by atoms with Gasteiger partial charge in [-0.3, -0.25) is 4.79 Å². The van der Waals surface area contributed by atoms with Crippen molar-refractivity contribution >= 4 is 12.3 Å². The molecule has 5 aliphatic rings. The molecule has 12 atom stereocenters. The summed E-state index contributed by atoms with van der Waals surface area (Å²) in [5.74, 6) is -1.41. The van der Waals surface area contributed by atoms with Crippen LogP contribution >= 0.6 is 0 Å². The Hall–Kier alpha value is -1.24. The van der Waals surface area contributed by atoms with Crippen LogP contribution in [-0.2, 0) is 9.59 Å². The van der Waals surface area contributed by atoms with Crippen molar-refractivity contribution in [1.82, 2.24) is 0 Å². The summed E-state index contributed by atoms with van der Waals surface area (Å²) in [5, 5.41) is 45.0. The zero-order valence-electron chi connectivity index (χ0n) is 22.9. The van der Waals surface area contributed by atoms with Gasteiger partial charge in [0.05, 0.1) is 28.6 Å². The Labute approximate surface area is 215 Å². The van der Waals surface area contributed by atoms with Gasteiger partial charge in [-0.15, -0.1) is 0 Å². The van der Waals surface area contributed by atoms with Gasteiger partial charge in [0.1, 0.15) is 6.29 Å². The summed E-state index contributed by atoms with van der Waals surface area (Å²) in [5.41, 5.74) is -3.04. The molecule has 6 nitrogen and oxygen atoms in total. The Kier molecular flexibility index (Phi) is 5.61. The molecule has 0 radical (unpaired) electrons. The molecule has 4 saturated carbocycles. The van der Waals surface area contributed by atoms with Crippen LogP contribution in [0.1, 0.15) is 92.9 Å². The number of carboxylic acid groups (broad SMARTS) is 1. The number of hydrogen-bond acceptors (Lipinski definition) is 5. The molecule has 6 heteroatoms. The van der Waals surface area contributed by atoms with E-state index in [9.17, 15) is 30.0 Å². The van der Waals surface area contributed by atoms with Gasteiger partial charge in [0, 0.05) is 11.8 Å². The van der Waals surface area contributed by atoms with Gasteiger partial charge >= 0.3 is 5.97 Å². The van der Waals surface area contributed by atoms with E-state index in [1.54, 1.807) is 0 Å². The minimum Gasteiger partial charge on any atom is -0.481 e. The largest absolute Gasteiger partial charge is 0.481 e. The van der Waals surface area contributed by atoms with E-state index in [1.165, 1.54) is 0 Å².